The lowest BCUT2D eigenvalue weighted by molar-refractivity contribution is 0.323. The molecule has 5 heteroatoms. The summed E-state index contributed by atoms with van der Waals surface area (Å²) in [4.78, 5) is 12.4. The van der Waals surface area contributed by atoms with Gasteiger partial charge in [-0.1, -0.05) is 18.2 Å². The molecule has 0 saturated heterocycles. The number of benzene rings is 1. The van der Waals surface area contributed by atoms with E-state index in [0.717, 1.165) is 0 Å². The summed E-state index contributed by atoms with van der Waals surface area (Å²) in [5.41, 5.74) is 0.360. The molecule has 1 heterocycles. The van der Waals surface area contributed by atoms with Crippen LogP contribution in [0, 0.1) is 0 Å². The molecular formula is C12H11N2O2S-. The van der Waals surface area contributed by atoms with Crippen molar-refractivity contribution in [3.63, 3.8) is 0 Å². The monoisotopic (exact) mass is 247 g/mol. The van der Waals surface area contributed by atoms with Gasteiger partial charge in [0.05, 0.1) is 12.3 Å². The molecule has 4 nitrogen and oxygen atoms in total. The molecule has 0 atom stereocenters. The second-order valence-electron chi connectivity index (χ2n) is 3.32. The summed E-state index contributed by atoms with van der Waals surface area (Å²) >= 11 is 5.01. The average molecular weight is 247 g/mol. The van der Waals surface area contributed by atoms with Gasteiger partial charge in [-0.15, -0.1) is 4.90 Å². The molecule has 88 valence electrons. The van der Waals surface area contributed by atoms with E-state index in [0.29, 0.717) is 17.2 Å². The number of ether oxygens (including phenoxy) is 1. The molecule has 0 radical (unpaired) electrons. The Morgan fingerprint density at radius 1 is 1.35 bits per heavy atom. The third kappa shape index (κ3) is 2.29. The van der Waals surface area contributed by atoms with Gasteiger partial charge in [-0.25, -0.2) is 0 Å². The Morgan fingerprint density at radius 3 is 2.71 bits per heavy atom. The van der Waals surface area contributed by atoms with Crippen LogP contribution in [0.25, 0.3) is 5.69 Å². The van der Waals surface area contributed by atoms with Crippen LogP contribution < -0.4 is 10.3 Å². The number of aromatic nitrogens is 2. The van der Waals surface area contributed by atoms with E-state index in [-0.39, 0.29) is 11.3 Å². The molecule has 0 spiro atoms. The van der Waals surface area contributed by atoms with Crippen LogP contribution in [0.15, 0.2) is 46.2 Å². The molecule has 1 aromatic carbocycles. The van der Waals surface area contributed by atoms with Gasteiger partial charge in [-0.05, 0) is 19.1 Å². The Hall–Kier alpha value is -1.88. The molecule has 0 fully saturated rings. The zero-order valence-electron chi connectivity index (χ0n) is 9.29. The molecule has 1 aromatic heterocycles. The van der Waals surface area contributed by atoms with Crippen molar-refractivity contribution in [2.24, 2.45) is 0 Å². The van der Waals surface area contributed by atoms with Gasteiger partial charge in [0, 0.05) is 6.20 Å². The van der Waals surface area contributed by atoms with Crippen molar-refractivity contribution in [2.75, 3.05) is 6.61 Å². The van der Waals surface area contributed by atoms with Crippen LogP contribution in [-0.4, -0.2) is 16.4 Å². The van der Waals surface area contributed by atoms with E-state index in [1.807, 2.05) is 25.1 Å². The van der Waals surface area contributed by atoms with Crippen LogP contribution in [-0.2, 0) is 12.6 Å². The minimum atomic E-state index is -0.328. The van der Waals surface area contributed by atoms with Gasteiger partial charge in [0.15, 0.2) is 5.75 Å². The molecule has 0 amide bonds. The lowest BCUT2D eigenvalue weighted by atomic mass is 10.3. The molecule has 17 heavy (non-hydrogen) atoms. The summed E-state index contributed by atoms with van der Waals surface area (Å²) in [6.07, 6.45) is 1.45. The van der Waals surface area contributed by atoms with Gasteiger partial charge in [0.2, 0.25) is 0 Å². The van der Waals surface area contributed by atoms with Gasteiger partial charge in [-0.3, -0.25) is 4.79 Å². The molecule has 0 N–H and O–H groups in total. The molecule has 0 aliphatic rings. The minimum Gasteiger partial charge on any atom is -0.774 e. The van der Waals surface area contributed by atoms with Gasteiger partial charge >= 0.3 is 5.56 Å². The quantitative estimate of drug-likeness (QED) is 0.772. The lowest BCUT2D eigenvalue weighted by Gasteiger charge is -2.14. The lowest BCUT2D eigenvalue weighted by Crippen LogP contribution is -2.23. The normalized spacial score (nSPS) is 10.2. The maximum atomic E-state index is 12.1. The second kappa shape index (κ2) is 4.97. The molecule has 2 aromatic rings. The molecule has 0 unspecified atom stereocenters. The van der Waals surface area contributed by atoms with E-state index in [4.69, 9.17) is 17.4 Å². The van der Waals surface area contributed by atoms with E-state index in [1.54, 1.807) is 12.1 Å². The van der Waals surface area contributed by atoms with E-state index in [1.165, 1.54) is 10.9 Å². The van der Waals surface area contributed by atoms with Crippen LogP contribution in [0.4, 0.5) is 0 Å². The zero-order chi connectivity index (χ0) is 12.3. The van der Waals surface area contributed by atoms with Crippen LogP contribution in [0.1, 0.15) is 6.92 Å². The van der Waals surface area contributed by atoms with Gasteiger partial charge < -0.3 is 17.4 Å². The molecule has 0 bridgehead atoms. The third-order valence-electron chi connectivity index (χ3n) is 2.19. The van der Waals surface area contributed by atoms with Crippen molar-refractivity contribution in [2.45, 2.75) is 11.8 Å². The minimum absolute atomic E-state index is 0.182. The van der Waals surface area contributed by atoms with Gasteiger partial charge in [-0.2, -0.15) is 9.78 Å². The van der Waals surface area contributed by atoms with Crippen molar-refractivity contribution in [3.05, 3.63) is 46.9 Å². The first kappa shape index (κ1) is 11.6. The van der Waals surface area contributed by atoms with Crippen molar-refractivity contribution in [1.29, 1.82) is 0 Å². The highest BCUT2D eigenvalue weighted by Gasteiger charge is 2.06. The summed E-state index contributed by atoms with van der Waals surface area (Å²) in [5.74, 6) is 0.182. The zero-order valence-corrected chi connectivity index (χ0v) is 10.1. The third-order valence-corrected chi connectivity index (χ3v) is 2.48. The Kier molecular flexibility index (Phi) is 3.39. The fraction of sp³-hybridized carbons (Fsp3) is 0.167. The average Bonchev–Trinajstić information content (AvgIpc) is 2.36. The summed E-state index contributed by atoms with van der Waals surface area (Å²) in [7, 11) is 0. The Labute approximate surface area is 104 Å². The predicted molar refractivity (Wildman–Crippen MR) is 66.6 cm³/mol. The number of rotatable bonds is 3. The van der Waals surface area contributed by atoms with Crippen molar-refractivity contribution >= 4 is 12.6 Å². The van der Waals surface area contributed by atoms with Crippen molar-refractivity contribution in [3.8, 4) is 11.4 Å². The molecule has 0 aliphatic heterocycles. The van der Waals surface area contributed by atoms with Crippen LogP contribution >= 0.6 is 0 Å². The van der Waals surface area contributed by atoms with Gasteiger partial charge in [0.25, 0.3) is 0 Å². The molecule has 2 rings (SSSR count). The summed E-state index contributed by atoms with van der Waals surface area (Å²) < 4.78 is 6.53. The molecule has 0 saturated carbocycles. The van der Waals surface area contributed by atoms with E-state index >= 15 is 0 Å². The van der Waals surface area contributed by atoms with Crippen LogP contribution in [0.3, 0.4) is 0 Å². The summed E-state index contributed by atoms with van der Waals surface area (Å²) in [6.45, 7) is 2.21. The van der Waals surface area contributed by atoms with Gasteiger partial charge in [0.1, 0.15) is 0 Å². The fourth-order valence-electron chi connectivity index (χ4n) is 1.45. The van der Waals surface area contributed by atoms with E-state index < -0.39 is 0 Å². The Bertz CT molecular complexity index is 566. The highest BCUT2D eigenvalue weighted by Crippen LogP contribution is 2.12. The van der Waals surface area contributed by atoms with Crippen molar-refractivity contribution < 1.29 is 4.74 Å². The topological polar surface area (TPSA) is 44.1 Å². The van der Waals surface area contributed by atoms with E-state index in [9.17, 15) is 4.79 Å². The summed E-state index contributed by atoms with van der Waals surface area (Å²) in [6, 6.07) is 9.15. The largest absolute Gasteiger partial charge is 0.774 e. The highest BCUT2D eigenvalue weighted by atomic mass is 32.1. The number of nitrogens with zero attached hydrogens (tertiary/aromatic N) is 2. The predicted octanol–water partition coefficient (Wildman–Crippen LogP) is 1.54. The molecular weight excluding hydrogens is 236 g/mol. The second-order valence-corrected chi connectivity index (χ2v) is 3.76. The van der Waals surface area contributed by atoms with Crippen LogP contribution in [0.5, 0.6) is 5.75 Å². The van der Waals surface area contributed by atoms with Crippen LogP contribution in [0.2, 0.25) is 0 Å². The Balaban J connectivity index is 2.58. The maximum absolute atomic E-state index is 12.1. The molecule has 0 aliphatic carbocycles. The first-order chi connectivity index (χ1) is 8.24. The smallest absolute Gasteiger partial charge is 0.312 e. The number of hydrogen-bond donors (Lipinski definition) is 0. The Morgan fingerprint density at radius 2 is 2.06 bits per heavy atom. The number of para-hydroxylation sites is 1. The van der Waals surface area contributed by atoms with Crippen molar-refractivity contribution in [1.82, 2.24) is 9.78 Å². The highest BCUT2D eigenvalue weighted by molar-refractivity contribution is 7.58. The first-order valence-electron chi connectivity index (χ1n) is 5.21. The first-order valence-corrected chi connectivity index (χ1v) is 5.62. The summed E-state index contributed by atoms with van der Waals surface area (Å²) in [5, 5.41) is 4.01. The standard InChI is InChI=1S/C12H12N2O2S/c1-2-16-11-10(17)8-13-14(12(11)15)9-6-4-3-5-7-9/h3-8,17H,2H2,1H3/p-1. The maximum Gasteiger partial charge on any atom is 0.312 e. The number of hydrogen-bond acceptors (Lipinski definition) is 4. The van der Waals surface area contributed by atoms with E-state index in [2.05, 4.69) is 5.10 Å². The fourth-order valence-corrected chi connectivity index (χ4v) is 1.65. The SMILES string of the molecule is CCOc1c([S-])cnn(-c2ccccc2)c1=O.